The Balaban J connectivity index is 2.35. The molecule has 0 radical (unpaired) electrons. The van der Waals surface area contributed by atoms with Crippen molar-refractivity contribution >= 4 is 5.97 Å². The Hall–Kier alpha value is -2.23. The van der Waals surface area contributed by atoms with Gasteiger partial charge in [-0.25, -0.2) is 0 Å². The maximum absolute atomic E-state index is 11.8. The number of phenolic OH excluding ortho intramolecular Hbond substituents is 1. The second-order valence-electron chi connectivity index (χ2n) is 8.51. The number of aliphatic hydroxyl groups excluding tert-OH is 2. The fraction of sp³-hybridized carbons (Fsp3) is 0.640. The summed E-state index contributed by atoms with van der Waals surface area (Å²) in [6.07, 6.45) is 4.09. The highest BCUT2D eigenvalue weighted by molar-refractivity contribution is 5.66. The second-order valence-corrected chi connectivity index (χ2v) is 8.51. The Bertz CT molecular complexity index is 780. The molecule has 1 aliphatic rings. The van der Waals surface area contributed by atoms with E-state index in [1.165, 1.54) is 14.0 Å². The van der Waals surface area contributed by atoms with Crippen molar-refractivity contribution in [1.29, 1.82) is 0 Å². The van der Waals surface area contributed by atoms with Crippen LogP contribution in [0.5, 0.6) is 11.5 Å². The molecular formula is C25H36O6. The minimum atomic E-state index is -0.596. The lowest BCUT2D eigenvalue weighted by Gasteiger charge is -2.32. The van der Waals surface area contributed by atoms with Crippen LogP contribution in [0.25, 0.3) is 0 Å². The molecule has 0 bridgehead atoms. The Labute approximate surface area is 185 Å². The minimum absolute atomic E-state index is 0.0700. The van der Waals surface area contributed by atoms with Crippen LogP contribution < -0.4 is 4.74 Å². The number of hydrogen-bond acceptors (Lipinski definition) is 6. The van der Waals surface area contributed by atoms with Crippen LogP contribution in [0, 0.1) is 23.2 Å². The standard InChI is InChI=1S/C25H36O6/c1-4-25(12-6-14-26)11-5-7-20(15-19-8-9-22(29)24(16-19)30-3)23(31-18(2)27)17-21(28)10-13-25/h8-9,16,20-21,23,26,28-29H,4,6-7,10,12-15,17H2,1-3H3. The van der Waals surface area contributed by atoms with Gasteiger partial charge in [0.25, 0.3) is 0 Å². The van der Waals surface area contributed by atoms with Crippen LogP contribution in [0.4, 0.5) is 0 Å². The molecule has 0 aromatic heterocycles. The van der Waals surface area contributed by atoms with Gasteiger partial charge in [-0.1, -0.05) is 18.9 Å². The first kappa shape index (κ1) is 25.0. The summed E-state index contributed by atoms with van der Waals surface area (Å²) < 4.78 is 10.8. The fourth-order valence-corrected chi connectivity index (χ4v) is 4.34. The van der Waals surface area contributed by atoms with Gasteiger partial charge in [-0.2, -0.15) is 0 Å². The number of benzene rings is 1. The van der Waals surface area contributed by atoms with Gasteiger partial charge in [0.1, 0.15) is 6.10 Å². The van der Waals surface area contributed by atoms with Gasteiger partial charge >= 0.3 is 5.97 Å². The quantitative estimate of drug-likeness (QED) is 0.429. The Morgan fingerprint density at radius 2 is 2.13 bits per heavy atom. The molecule has 0 saturated carbocycles. The summed E-state index contributed by atoms with van der Waals surface area (Å²) in [7, 11) is 1.50. The number of aliphatic hydroxyl groups is 2. The highest BCUT2D eigenvalue weighted by Crippen LogP contribution is 2.36. The van der Waals surface area contributed by atoms with Gasteiger partial charge in [0.2, 0.25) is 0 Å². The molecule has 6 heteroatoms. The third kappa shape index (κ3) is 7.45. The van der Waals surface area contributed by atoms with E-state index in [0.29, 0.717) is 37.9 Å². The van der Waals surface area contributed by atoms with E-state index in [1.807, 2.05) is 6.07 Å². The Morgan fingerprint density at radius 1 is 1.35 bits per heavy atom. The highest BCUT2D eigenvalue weighted by atomic mass is 16.5. The number of ether oxygens (including phenoxy) is 2. The monoisotopic (exact) mass is 432 g/mol. The van der Waals surface area contributed by atoms with Crippen LogP contribution in [-0.2, 0) is 16.0 Å². The van der Waals surface area contributed by atoms with E-state index < -0.39 is 12.2 Å². The van der Waals surface area contributed by atoms with E-state index in [4.69, 9.17) is 9.47 Å². The summed E-state index contributed by atoms with van der Waals surface area (Å²) in [5, 5.41) is 29.9. The summed E-state index contributed by atoms with van der Waals surface area (Å²) in [4.78, 5) is 11.8. The maximum atomic E-state index is 11.8. The van der Waals surface area contributed by atoms with Gasteiger partial charge in [0.05, 0.1) is 13.2 Å². The number of aromatic hydroxyl groups is 1. The molecule has 172 valence electrons. The van der Waals surface area contributed by atoms with Crippen molar-refractivity contribution in [3.8, 4) is 23.3 Å². The van der Waals surface area contributed by atoms with Crippen LogP contribution in [0.1, 0.15) is 64.4 Å². The van der Waals surface area contributed by atoms with E-state index in [-0.39, 0.29) is 29.7 Å². The number of carbonyl (C=O) groups excluding carboxylic acids is 1. The number of phenols is 1. The molecule has 31 heavy (non-hydrogen) atoms. The average Bonchev–Trinajstić information content (AvgIpc) is 2.74. The van der Waals surface area contributed by atoms with Crippen molar-refractivity contribution in [2.75, 3.05) is 13.7 Å². The predicted octanol–water partition coefficient (Wildman–Crippen LogP) is 3.60. The molecular weight excluding hydrogens is 396 g/mol. The summed E-state index contributed by atoms with van der Waals surface area (Å²) in [6.45, 7) is 3.62. The third-order valence-corrected chi connectivity index (χ3v) is 6.25. The average molecular weight is 433 g/mol. The number of rotatable bonds is 8. The van der Waals surface area contributed by atoms with Gasteiger partial charge in [-0.15, -0.1) is 5.92 Å². The minimum Gasteiger partial charge on any atom is -0.504 e. The Morgan fingerprint density at radius 3 is 2.77 bits per heavy atom. The second kappa shape index (κ2) is 12.0. The number of methoxy groups -OCH3 is 1. The molecule has 1 aliphatic carbocycles. The molecule has 4 atom stereocenters. The molecule has 6 nitrogen and oxygen atoms in total. The van der Waals surface area contributed by atoms with Crippen molar-refractivity contribution < 1.29 is 29.6 Å². The lowest BCUT2D eigenvalue weighted by Crippen LogP contribution is -2.33. The number of carbonyl (C=O) groups is 1. The van der Waals surface area contributed by atoms with E-state index in [9.17, 15) is 20.1 Å². The topological polar surface area (TPSA) is 96.2 Å². The summed E-state index contributed by atoms with van der Waals surface area (Å²) >= 11 is 0. The molecule has 3 N–H and O–H groups in total. The zero-order valence-corrected chi connectivity index (χ0v) is 18.9. The first-order valence-corrected chi connectivity index (χ1v) is 11.1. The molecule has 1 aromatic rings. The maximum Gasteiger partial charge on any atom is 0.302 e. The lowest BCUT2D eigenvalue weighted by atomic mass is 9.75. The SMILES string of the molecule is CCC1(CCCO)C#CCC(Cc2ccc(O)c(OC)c2)C(OC(C)=O)CC(O)CC1. The molecule has 0 amide bonds. The molecule has 2 rings (SSSR count). The van der Waals surface area contributed by atoms with Gasteiger partial charge in [0, 0.05) is 37.7 Å². The molecule has 0 heterocycles. The Kier molecular flexibility index (Phi) is 9.67. The summed E-state index contributed by atoms with van der Waals surface area (Å²) in [5.74, 6) is 6.78. The van der Waals surface area contributed by atoms with Crippen LogP contribution in [0.2, 0.25) is 0 Å². The predicted molar refractivity (Wildman–Crippen MR) is 119 cm³/mol. The first-order valence-electron chi connectivity index (χ1n) is 11.1. The molecule has 4 unspecified atom stereocenters. The van der Waals surface area contributed by atoms with Gasteiger partial charge in [0.15, 0.2) is 11.5 Å². The fourth-order valence-electron chi connectivity index (χ4n) is 4.34. The van der Waals surface area contributed by atoms with Crippen molar-refractivity contribution in [3.05, 3.63) is 23.8 Å². The number of hydrogen-bond donors (Lipinski definition) is 3. The first-order chi connectivity index (χ1) is 14.8. The van der Waals surface area contributed by atoms with Crippen LogP contribution in [0.15, 0.2) is 18.2 Å². The summed E-state index contributed by atoms with van der Waals surface area (Å²) in [5.41, 5.74) is 0.719. The van der Waals surface area contributed by atoms with E-state index in [0.717, 1.165) is 24.8 Å². The molecule has 0 aliphatic heterocycles. The third-order valence-electron chi connectivity index (χ3n) is 6.25. The van der Waals surface area contributed by atoms with Gasteiger partial charge in [-0.3, -0.25) is 4.79 Å². The van der Waals surface area contributed by atoms with Gasteiger partial charge in [-0.05, 0) is 56.2 Å². The van der Waals surface area contributed by atoms with Crippen molar-refractivity contribution in [2.45, 2.75) is 77.4 Å². The smallest absolute Gasteiger partial charge is 0.302 e. The molecule has 0 spiro atoms. The van der Waals surface area contributed by atoms with Crippen LogP contribution in [0.3, 0.4) is 0 Å². The number of esters is 1. The van der Waals surface area contributed by atoms with Gasteiger partial charge < -0.3 is 24.8 Å². The lowest BCUT2D eigenvalue weighted by molar-refractivity contribution is -0.151. The largest absolute Gasteiger partial charge is 0.504 e. The summed E-state index contributed by atoms with van der Waals surface area (Å²) in [6, 6.07) is 5.19. The molecule has 0 saturated heterocycles. The van der Waals surface area contributed by atoms with Crippen molar-refractivity contribution in [1.82, 2.24) is 0 Å². The van der Waals surface area contributed by atoms with Crippen molar-refractivity contribution in [2.24, 2.45) is 11.3 Å². The van der Waals surface area contributed by atoms with Crippen molar-refractivity contribution in [3.63, 3.8) is 0 Å². The molecule has 1 aromatic carbocycles. The van der Waals surface area contributed by atoms with Crippen LogP contribution in [-0.4, -0.2) is 47.2 Å². The normalized spacial score (nSPS) is 26.4. The van der Waals surface area contributed by atoms with E-state index >= 15 is 0 Å². The zero-order chi connectivity index (χ0) is 22.9. The zero-order valence-electron chi connectivity index (χ0n) is 18.9. The van der Waals surface area contributed by atoms with E-state index in [2.05, 4.69) is 18.8 Å². The molecule has 0 fully saturated rings. The highest BCUT2D eigenvalue weighted by Gasteiger charge is 2.31. The van der Waals surface area contributed by atoms with E-state index in [1.54, 1.807) is 12.1 Å². The van der Waals surface area contributed by atoms with Crippen LogP contribution >= 0.6 is 0 Å².